The van der Waals surface area contributed by atoms with Gasteiger partial charge in [-0.25, -0.2) is 0 Å². The number of carbonyl (C=O) groups is 1. The van der Waals surface area contributed by atoms with Crippen LogP contribution in [0.4, 0.5) is 17.1 Å². The number of rotatable bonds is 5. The van der Waals surface area contributed by atoms with Crippen molar-refractivity contribution in [3.8, 4) is 11.3 Å². The first kappa shape index (κ1) is 19.7. The van der Waals surface area contributed by atoms with Crippen LogP contribution in [0.15, 0.2) is 65.1 Å². The third-order valence-corrected chi connectivity index (χ3v) is 5.28. The summed E-state index contributed by atoms with van der Waals surface area (Å²) in [5.74, 6) is 0.187. The maximum Gasteiger partial charge on any atom is 0.291 e. The fourth-order valence-corrected chi connectivity index (χ4v) is 3.56. The van der Waals surface area contributed by atoms with Crippen LogP contribution >= 0.6 is 0 Å². The molecule has 2 heterocycles. The molecule has 0 aliphatic carbocycles. The number of benzene rings is 2. The summed E-state index contributed by atoms with van der Waals surface area (Å²) in [4.78, 5) is 27.1. The molecule has 1 saturated heterocycles. The Bertz CT molecular complexity index is 1070. The lowest BCUT2D eigenvalue weighted by Crippen LogP contribution is -3.12. The van der Waals surface area contributed by atoms with E-state index >= 15 is 0 Å². The van der Waals surface area contributed by atoms with Crippen molar-refractivity contribution in [2.45, 2.75) is 0 Å². The van der Waals surface area contributed by atoms with Crippen LogP contribution in [0.5, 0.6) is 0 Å². The molecule has 1 aromatic heterocycles. The molecule has 8 nitrogen and oxygen atoms in total. The smallest absolute Gasteiger partial charge is 0.291 e. The van der Waals surface area contributed by atoms with Gasteiger partial charge in [0, 0.05) is 17.7 Å². The normalized spacial score (nSPS) is 14.5. The lowest BCUT2D eigenvalue weighted by molar-refractivity contribution is -0.880. The number of piperazine rings is 1. The lowest BCUT2D eigenvalue weighted by Gasteiger charge is -2.32. The average molecular weight is 407 g/mol. The zero-order valence-corrected chi connectivity index (χ0v) is 16.6. The van der Waals surface area contributed by atoms with Crippen LogP contribution in [0.1, 0.15) is 10.6 Å². The van der Waals surface area contributed by atoms with Gasteiger partial charge in [-0.3, -0.25) is 14.9 Å². The molecule has 0 radical (unpaired) electrons. The van der Waals surface area contributed by atoms with Crippen LogP contribution in [0.25, 0.3) is 11.3 Å². The molecule has 1 aliphatic heterocycles. The number of likely N-dealkylation sites (N-methyl/N-ethyl adjacent to an activating group) is 1. The number of hydrogen-bond acceptors (Lipinski definition) is 5. The largest absolute Gasteiger partial charge is 0.451 e. The van der Waals surface area contributed by atoms with E-state index in [4.69, 9.17) is 4.42 Å². The van der Waals surface area contributed by atoms with E-state index in [1.54, 1.807) is 24.3 Å². The monoisotopic (exact) mass is 407 g/mol. The molecule has 3 aromatic rings. The van der Waals surface area contributed by atoms with Gasteiger partial charge in [-0.15, -0.1) is 0 Å². The molecule has 8 heteroatoms. The standard InChI is InChI=1S/C22H22N4O4/c1-24-11-13-25(14-12-24)19-8-3-2-7-18(19)23-22(27)21-10-9-20(30-21)16-5-4-6-17(15-16)26(28)29/h2-10,15H,11-14H2,1H3,(H,23,27)/p+1. The lowest BCUT2D eigenvalue weighted by atomic mass is 10.1. The fraction of sp³-hybridized carbons (Fsp3) is 0.227. The molecule has 1 fully saturated rings. The number of nitro groups is 1. The number of furan rings is 1. The highest BCUT2D eigenvalue weighted by Crippen LogP contribution is 2.28. The minimum atomic E-state index is -0.461. The molecule has 154 valence electrons. The molecule has 2 N–H and O–H groups in total. The maximum atomic E-state index is 12.8. The molecule has 0 unspecified atom stereocenters. The zero-order valence-electron chi connectivity index (χ0n) is 16.6. The Morgan fingerprint density at radius 3 is 2.63 bits per heavy atom. The molecule has 0 spiro atoms. The average Bonchev–Trinajstić information content (AvgIpc) is 3.25. The number of hydrogen-bond donors (Lipinski definition) is 2. The second-order valence-corrected chi connectivity index (χ2v) is 7.39. The Balaban J connectivity index is 1.52. The van der Waals surface area contributed by atoms with Crippen LogP contribution in [0, 0.1) is 10.1 Å². The van der Waals surface area contributed by atoms with E-state index in [-0.39, 0.29) is 17.4 Å². The first-order chi connectivity index (χ1) is 14.5. The number of amides is 1. The molecule has 0 bridgehead atoms. The second-order valence-electron chi connectivity index (χ2n) is 7.39. The second kappa shape index (κ2) is 8.38. The van der Waals surface area contributed by atoms with E-state index in [9.17, 15) is 14.9 Å². The Morgan fingerprint density at radius 2 is 1.87 bits per heavy atom. The molecule has 4 rings (SSSR count). The Kier molecular flexibility index (Phi) is 5.49. The van der Waals surface area contributed by atoms with Gasteiger partial charge in [-0.05, 0) is 24.3 Å². The molecule has 1 amide bonds. The summed E-state index contributed by atoms with van der Waals surface area (Å²) in [5, 5.41) is 13.9. The molecular formula is C22H23N4O4+. The van der Waals surface area contributed by atoms with Gasteiger partial charge in [0.25, 0.3) is 11.6 Å². The molecule has 2 aromatic carbocycles. The van der Waals surface area contributed by atoms with Gasteiger partial charge < -0.3 is 19.5 Å². The van der Waals surface area contributed by atoms with Gasteiger partial charge in [-0.1, -0.05) is 24.3 Å². The predicted molar refractivity (Wildman–Crippen MR) is 114 cm³/mol. The van der Waals surface area contributed by atoms with Crippen molar-refractivity contribution in [1.29, 1.82) is 0 Å². The van der Waals surface area contributed by atoms with Crippen LogP contribution in [0.2, 0.25) is 0 Å². The van der Waals surface area contributed by atoms with Gasteiger partial charge >= 0.3 is 0 Å². The number of para-hydroxylation sites is 2. The Hall–Kier alpha value is -3.65. The summed E-state index contributed by atoms with van der Waals surface area (Å²) in [6, 6.07) is 17.1. The first-order valence-electron chi connectivity index (χ1n) is 9.82. The van der Waals surface area contributed by atoms with Crippen molar-refractivity contribution in [3.63, 3.8) is 0 Å². The van der Waals surface area contributed by atoms with Crippen LogP contribution in [-0.2, 0) is 0 Å². The number of non-ortho nitro benzene ring substituents is 1. The number of anilines is 2. The maximum absolute atomic E-state index is 12.8. The van der Waals surface area contributed by atoms with Gasteiger partial charge in [0.05, 0.1) is 49.5 Å². The van der Waals surface area contributed by atoms with Crippen molar-refractivity contribution >= 4 is 23.0 Å². The fourth-order valence-electron chi connectivity index (χ4n) is 3.56. The molecule has 0 atom stereocenters. The number of nitrogens with one attached hydrogen (secondary N) is 2. The summed E-state index contributed by atoms with van der Waals surface area (Å²) in [5.41, 5.74) is 2.24. The van der Waals surface area contributed by atoms with Gasteiger partial charge in [0.1, 0.15) is 5.76 Å². The van der Waals surface area contributed by atoms with E-state index in [0.29, 0.717) is 11.3 Å². The quantitative estimate of drug-likeness (QED) is 0.501. The van der Waals surface area contributed by atoms with Gasteiger partial charge in [0.15, 0.2) is 5.76 Å². The molecular weight excluding hydrogens is 384 g/mol. The molecule has 30 heavy (non-hydrogen) atoms. The van der Waals surface area contributed by atoms with Crippen molar-refractivity contribution in [2.24, 2.45) is 0 Å². The topological polar surface area (TPSA) is 93.1 Å². The van der Waals surface area contributed by atoms with Crippen LogP contribution < -0.4 is 15.1 Å². The first-order valence-corrected chi connectivity index (χ1v) is 9.82. The summed E-state index contributed by atoms with van der Waals surface area (Å²) in [6.07, 6.45) is 0. The minimum absolute atomic E-state index is 0.0298. The van der Waals surface area contributed by atoms with E-state index in [0.717, 1.165) is 37.6 Å². The summed E-state index contributed by atoms with van der Waals surface area (Å²) in [7, 11) is 2.18. The number of nitro benzene ring substituents is 1. The highest BCUT2D eigenvalue weighted by atomic mass is 16.6. The van der Waals surface area contributed by atoms with Gasteiger partial charge in [0.2, 0.25) is 0 Å². The highest BCUT2D eigenvalue weighted by Gasteiger charge is 2.21. The number of nitrogens with zero attached hydrogens (tertiary/aromatic N) is 2. The summed E-state index contributed by atoms with van der Waals surface area (Å²) < 4.78 is 5.69. The van der Waals surface area contributed by atoms with E-state index in [1.807, 2.05) is 24.3 Å². The third kappa shape index (κ3) is 4.18. The highest BCUT2D eigenvalue weighted by molar-refractivity contribution is 6.04. The SMILES string of the molecule is C[NH+]1CCN(c2ccccc2NC(=O)c2ccc(-c3cccc([N+](=O)[O-])c3)o2)CC1. The van der Waals surface area contributed by atoms with Crippen molar-refractivity contribution < 1.29 is 19.0 Å². The Labute approximate surface area is 173 Å². The zero-order chi connectivity index (χ0) is 21.1. The number of carbonyl (C=O) groups excluding carboxylic acids is 1. The summed E-state index contributed by atoms with van der Waals surface area (Å²) >= 11 is 0. The third-order valence-electron chi connectivity index (χ3n) is 5.28. The summed E-state index contributed by atoms with van der Waals surface area (Å²) in [6.45, 7) is 3.95. The van der Waals surface area contributed by atoms with E-state index < -0.39 is 4.92 Å². The van der Waals surface area contributed by atoms with Crippen molar-refractivity contribution in [3.05, 3.63) is 76.5 Å². The van der Waals surface area contributed by atoms with Crippen LogP contribution in [-0.4, -0.2) is 44.1 Å². The molecule has 0 saturated carbocycles. The van der Waals surface area contributed by atoms with Crippen molar-refractivity contribution in [1.82, 2.24) is 0 Å². The van der Waals surface area contributed by atoms with E-state index in [2.05, 4.69) is 17.3 Å². The molecule has 1 aliphatic rings. The predicted octanol–water partition coefficient (Wildman–Crippen LogP) is 2.44. The number of quaternary nitrogens is 1. The van der Waals surface area contributed by atoms with E-state index in [1.165, 1.54) is 17.0 Å². The van der Waals surface area contributed by atoms with Crippen molar-refractivity contribution in [2.75, 3.05) is 43.4 Å². The van der Waals surface area contributed by atoms with Crippen LogP contribution in [0.3, 0.4) is 0 Å². The minimum Gasteiger partial charge on any atom is -0.451 e. The Morgan fingerprint density at radius 1 is 1.10 bits per heavy atom. The van der Waals surface area contributed by atoms with Gasteiger partial charge in [-0.2, -0.15) is 0 Å².